The number of nitrogens with zero attached hydrogens (tertiary/aromatic N) is 5. The number of carbonyl (C=O) groups excluding carboxylic acids is 2. The van der Waals surface area contributed by atoms with Crippen molar-refractivity contribution in [3.05, 3.63) is 36.2 Å². The lowest BCUT2D eigenvalue weighted by atomic mass is 10.2. The number of hydrogen-bond donors (Lipinski definition) is 1. The average Bonchev–Trinajstić information content (AvgIpc) is 3.16. The molecule has 0 atom stereocenters. The Labute approximate surface area is 185 Å². The molecule has 3 aromatic heterocycles. The summed E-state index contributed by atoms with van der Waals surface area (Å²) >= 11 is 0. The fraction of sp³-hybridized carbons (Fsp3) is 0.381. The van der Waals surface area contributed by atoms with Gasteiger partial charge in [-0.25, -0.2) is 19.6 Å². The molecule has 11 nitrogen and oxygen atoms in total. The predicted molar refractivity (Wildman–Crippen MR) is 118 cm³/mol. The molecule has 0 fully saturated rings. The Balaban J connectivity index is 2.12. The number of nitrogens with one attached hydrogen (secondary N) is 1. The second-order valence-electron chi connectivity index (χ2n) is 7.74. The van der Waals surface area contributed by atoms with E-state index >= 15 is 0 Å². The number of pyridine rings is 1. The molecule has 0 aliphatic rings. The van der Waals surface area contributed by atoms with Crippen molar-refractivity contribution in [2.75, 3.05) is 31.0 Å². The molecule has 0 radical (unpaired) electrons. The summed E-state index contributed by atoms with van der Waals surface area (Å²) in [4.78, 5) is 35.1. The summed E-state index contributed by atoms with van der Waals surface area (Å²) in [6, 6.07) is 5.10. The van der Waals surface area contributed by atoms with Crippen molar-refractivity contribution in [1.82, 2.24) is 19.6 Å². The molecular formula is C21H26N6O5. The Hall–Kier alpha value is -3.89. The highest BCUT2D eigenvalue weighted by atomic mass is 16.6. The number of hydrogen-bond acceptors (Lipinski definition) is 9. The predicted octanol–water partition coefficient (Wildman–Crippen LogP) is 3.42. The molecule has 3 rings (SSSR count). The van der Waals surface area contributed by atoms with E-state index in [0.29, 0.717) is 23.2 Å². The highest BCUT2D eigenvalue weighted by Crippen LogP contribution is 2.28. The van der Waals surface area contributed by atoms with Crippen LogP contribution in [0.2, 0.25) is 0 Å². The van der Waals surface area contributed by atoms with E-state index in [0.717, 1.165) is 0 Å². The third-order valence-corrected chi connectivity index (χ3v) is 4.19. The molecule has 3 aromatic rings. The summed E-state index contributed by atoms with van der Waals surface area (Å²) in [5.41, 5.74) is 0.228. The van der Waals surface area contributed by atoms with E-state index < -0.39 is 17.7 Å². The zero-order valence-electron chi connectivity index (χ0n) is 18.9. The number of rotatable bonds is 6. The van der Waals surface area contributed by atoms with Gasteiger partial charge in [0, 0.05) is 19.3 Å². The largest absolute Gasteiger partial charge is 0.480 e. The minimum absolute atomic E-state index is 0.160. The number of fused-ring (bicyclic) bond motifs is 1. The molecule has 0 bridgehead atoms. The third-order valence-electron chi connectivity index (χ3n) is 4.19. The normalized spacial score (nSPS) is 11.2. The van der Waals surface area contributed by atoms with E-state index in [1.165, 1.54) is 22.7 Å². The van der Waals surface area contributed by atoms with Gasteiger partial charge in [-0.2, -0.15) is 9.61 Å². The first kappa shape index (κ1) is 22.8. The van der Waals surface area contributed by atoms with E-state index in [-0.39, 0.29) is 17.8 Å². The lowest BCUT2D eigenvalue weighted by molar-refractivity contribution is 0.0527. The third kappa shape index (κ3) is 4.88. The van der Waals surface area contributed by atoms with E-state index in [1.54, 1.807) is 59.1 Å². The van der Waals surface area contributed by atoms with Gasteiger partial charge >= 0.3 is 12.1 Å². The van der Waals surface area contributed by atoms with Crippen molar-refractivity contribution in [1.29, 1.82) is 0 Å². The summed E-state index contributed by atoms with van der Waals surface area (Å²) in [6.07, 6.45) is 2.35. The Morgan fingerprint density at radius 3 is 2.69 bits per heavy atom. The van der Waals surface area contributed by atoms with Gasteiger partial charge in [-0.15, -0.1) is 0 Å². The fourth-order valence-electron chi connectivity index (χ4n) is 2.81. The van der Waals surface area contributed by atoms with Crippen molar-refractivity contribution in [2.45, 2.75) is 33.3 Å². The maximum atomic E-state index is 12.7. The molecular weight excluding hydrogens is 416 g/mol. The fourth-order valence-corrected chi connectivity index (χ4v) is 2.81. The molecule has 0 saturated carbocycles. The summed E-state index contributed by atoms with van der Waals surface area (Å²) in [7, 11) is 3.05. The van der Waals surface area contributed by atoms with E-state index in [4.69, 9.17) is 14.2 Å². The second kappa shape index (κ2) is 9.08. The van der Waals surface area contributed by atoms with Crippen LogP contribution in [0.1, 0.15) is 38.1 Å². The van der Waals surface area contributed by atoms with Crippen LogP contribution < -0.4 is 15.0 Å². The quantitative estimate of drug-likeness (QED) is 0.572. The van der Waals surface area contributed by atoms with Crippen molar-refractivity contribution >= 4 is 35.0 Å². The molecule has 1 amide bonds. The van der Waals surface area contributed by atoms with Crippen LogP contribution in [0.25, 0.3) is 5.65 Å². The van der Waals surface area contributed by atoms with E-state index in [9.17, 15) is 9.59 Å². The molecule has 32 heavy (non-hydrogen) atoms. The standard InChI is InChI=1S/C21H26N6O5/c1-7-31-19(28)13-12-23-27-16(26(5)20(29)32-21(2,3)4)11-15(25-17(13)27)24-14-9-8-10-22-18(14)30-6/h8-12H,7H2,1-6H3,(H,24,25). The number of methoxy groups -OCH3 is 1. The van der Waals surface area contributed by atoms with Gasteiger partial charge < -0.3 is 19.5 Å². The van der Waals surface area contributed by atoms with Crippen LogP contribution in [0, 0.1) is 0 Å². The van der Waals surface area contributed by atoms with Crippen LogP contribution in [0.15, 0.2) is 30.6 Å². The number of amides is 1. The molecule has 0 unspecified atom stereocenters. The van der Waals surface area contributed by atoms with Gasteiger partial charge in [0.15, 0.2) is 5.65 Å². The van der Waals surface area contributed by atoms with Crippen molar-refractivity contribution < 1.29 is 23.8 Å². The monoisotopic (exact) mass is 442 g/mol. The Morgan fingerprint density at radius 2 is 2.03 bits per heavy atom. The minimum Gasteiger partial charge on any atom is -0.480 e. The number of anilines is 3. The maximum Gasteiger partial charge on any atom is 0.415 e. The van der Waals surface area contributed by atoms with Crippen LogP contribution in [0.5, 0.6) is 5.88 Å². The zero-order valence-corrected chi connectivity index (χ0v) is 18.9. The Morgan fingerprint density at radius 1 is 1.28 bits per heavy atom. The first-order valence-corrected chi connectivity index (χ1v) is 9.93. The van der Waals surface area contributed by atoms with Gasteiger partial charge in [-0.3, -0.25) is 4.90 Å². The summed E-state index contributed by atoms with van der Waals surface area (Å²) in [5, 5.41) is 7.36. The van der Waals surface area contributed by atoms with E-state index in [2.05, 4.69) is 20.4 Å². The van der Waals surface area contributed by atoms with Crippen molar-refractivity contribution in [2.24, 2.45) is 0 Å². The van der Waals surface area contributed by atoms with Crippen LogP contribution in [0.3, 0.4) is 0 Å². The summed E-state index contributed by atoms with van der Waals surface area (Å²) in [5.74, 6) is 0.442. The topological polar surface area (TPSA) is 120 Å². The average molecular weight is 442 g/mol. The van der Waals surface area contributed by atoms with Crippen LogP contribution >= 0.6 is 0 Å². The molecule has 0 aliphatic heterocycles. The highest BCUT2D eigenvalue weighted by Gasteiger charge is 2.25. The first-order valence-electron chi connectivity index (χ1n) is 9.93. The van der Waals surface area contributed by atoms with Crippen LogP contribution in [0.4, 0.5) is 22.1 Å². The number of aromatic nitrogens is 4. The molecule has 11 heteroatoms. The molecule has 3 heterocycles. The van der Waals surface area contributed by atoms with Gasteiger partial charge in [-0.1, -0.05) is 0 Å². The Bertz CT molecular complexity index is 1140. The van der Waals surface area contributed by atoms with Gasteiger partial charge in [0.1, 0.15) is 28.5 Å². The molecule has 170 valence electrons. The Kier molecular flexibility index (Phi) is 6.47. The SMILES string of the molecule is CCOC(=O)c1cnn2c(N(C)C(=O)OC(C)(C)C)cc(Nc3cccnc3OC)nc12. The van der Waals surface area contributed by atoms with Crippen molar-refractivity contribution in [3.8, 4) is 5.88 Å². The first-order chi connectivity index (χ1) is 15.1. The summed E-state index contributed by atoms with van der Waals surface area (Å²) < 4.78 is 17.2. The van der Waals surface area contributed by atoms with Crippen LogP contribution in [-0.2, 0) is 9.47 Å². The smallest absolute Gasteiger partial charge is 0.415 e. The number of carbonyl (C=O) groups is 2. The molecule has 0 spiro atoms. The molecule has 0 aliphatic carbocycles. The molecule has 1 N–H and O–H groups in total. The second-order valence-corrected chi connectivity index (χ2v) is 7.74. The highest BCUT2D eigenvalue weighted by molar-refractivity contribution is 5.97. The van der Waals surface area contributed by atoms with E-state index in [1.807, 2.05) is 0 Å². The molecule has 0 saturated heterocycles. The lowest BCUT2D eigenvalue weighted by Gasteiger charge is -2.25. The van der Waals surface area contributed by atoms with Crippen LogP contribution in [-0.4, -0.2) is 58.0 Å². The maximum absolute atomic E-state index is 12.7. The lowest BCUT2D eigenvalue weighted by Crippen LogP contribution is -2.35. The van der Waals surface area contributed by atoms with Gasteiger partial charge in [0.2, 0.25) is 5.88 Å². The van der Waals surface area contributed by atoms with Crippen molar-refractivity contribution in [3.63, 3.8) is 0 Å². The van der Waals surface area contributed by atoms with Gasteiger partial charge in [-0.05, 0) is 39.8 Å². The summed E-state index contributed by atoms with van der Waals surface area (Å²) in [6.45, 7) is 7.23. The van der Waals surface area contributed by atoms with Gasteiger partial charge in [0.25, 0.3) is 0 Å². The van der Waals surface area contributed by atoms with Gasteiger partial charge in [0.05, 0.1) is 19.9 Å². The molecule has 0 aromatic carbocycles. The zero-order chi connectivity index (χ0) is 23.5. The number of ether oxygens (including phenoxy) is 3. The minimum atomic E-state index is -0.693. The number of esters is 1.